The van der Waals surface area contributed by atoms with Crippen molar-refractivity contribution in [3.8, 4) is 5.75 Å². The van der Waals surface area contributed by atoms with E-state index in [1.165, 1.54) is 0 Å². The normalized spacial score (nSPS) is 12.2. The van der Waals surface area contributed by atoms with Crippen molar-refractivity contribution in [3.63, 3.8) is 0 Å². The summed E-state index contributed by atoms with van der Waals surface area (Å²) in [5, 5.41) is 3.91. The van der Waals surface area contributed by atoms with Gasteiger partial charge in [-0.3, -0.25) is 9.59 Å². The van der Waals surface area contributed by atoms with E-state index in [9.17, 15) is 9.59 Å². The first-order valence-corrected chi connectivity index (χ1v) is 13.5. The standard InChI is InChI=1S/C31H36Cl2N2O3/c1-21(2)34-30(37)27(17-22-11-7-6-8-12-22)35(19-23-15-16-24(32)18-26(23)33)29(36)20-38-28-14-10-9-13-25(28)31(3,4)5/h6-16,18,21,27H,17,19-20H2,1-5H3,(H,34,37)/t27-/m1/s1. The van der Waals surface area contributed by atoms with Gasteiger partial charge in [0.15, 0.2) is 6.61 Å². The Hall–Kier alpha value is -3.02. The van der Waals surface area contributed by atoms with Crippen LogP contribution < -0.4 is 10.1 Å². The van der Waals surface area contributed by atoms with Crippen molar-refractivity contribution in [3.05, 3.63) is 99.5 Å². The molecule has 3 aromatic carbocycles. The average Bonchev–Trinajstić information content (AvgIpc) is 2.85. The Balaban J connectivity index is 1.97. The maximum atomic E-state index is 13.8. The molecule has 0 aliphatic carbocycles. The SMILES string of the molecule is CC(C)NC(=O)[C@@H](Cc1ccccc1)N(Cc1ccc(Cl)cc1Cl)C(=O)COc1ccccc1C(C)(C)C. The van der Waals surface area contributed by atoms with Gasteiger partial charge in [-0.25, -0.2) is 0 Å². The summed E-state index contributed by atoms with van der Waals surface area (Å²) in [5.74, 6) is 0.0843. The second-order valence-corrected chi connectivity index (χ2v) is 11.5. The maximum Gasteiger partial charge on any atom is 0.261 e. The molecule has 0 aliphatic rings. The second-order valence-electron chi connectivity index (χ2n) is 10.7. The molecular formula is C31H36Cl2N2O3. The number of nitrogens with one attached hydrogen (secondary N) is 1. The predicted octanol–water partition coefficient (Wildman–Crippen LogP) is 6.83. The van der Waals surface area contributed by atoms with Crippen molar-refractivity contribution in [1.82, 2.24) is 10.2 Å². The Labute approximate surface area is 236 Å². The highest BCUT2D eigenvalue weighted by Gasteiger charge is 2.32. The number of carbonyl (C=O) groups is 2. The highest BCUT2D eigenvalue weighted by Crippen LogP contribution is 2.31. The predicted molar refractivity (Wildman–Crippen MR) is 155 cm³/mol. The minimum Gasteiger partial charge on any atom is -0.483 e. The third-order valence-electron chi connectivity index (χ3n) is 6.10. The van der Waals surface area contributed by atoms with Gasteiger partial charge in [0.25, 0.3) is 5.91 Å². The van der Waals surface area contributed by atoms with Gasteiger partial charge in [0.05, 0.1) is 0 Å². The molecular weight excluding hydrogens is 519 g/mol. The van der Waals surface area contributed by atoms with Crippen LogP contribution in [0.25, 0.3) is 0 Å². The van der Waals surface area contributed by atoms with E-state index < -0.39 is 6.04 Å². The number of rotatable bonds is 10. The van der Waals surface area contributed by atoms with Crippen molar-refractivity contribution < 1.29 is 14.3 Å². The molecule has 0 heterocycles. The van der Waals surface area contributed by atoms with Gasteiger partial charge in [0.1, 0.15) is 11.8 Å². The minimum atomic E-state index is -0.777. The van der Waals surface area contributed by atoms with Crippen LogP contribution in [0, 0.1) is 0 Å². The smallest absolute Gasteiger partial charge is 0.261 e. The third-order valence-corrected chi connectivity index (χ3v) is 6.69. The Morgan fingerprint density at radius 1 is 0.947 bits per heavy atom. The molecule has 0 radical (unpaired) electrons. The highest BCUT2D eigenvalue weighted by molar-refractivity contribution is 6.35. The first-order chi connectivity index (χ1) is 18.0. The molecule has 0 unspecified atom stereocenters. The number of benzene rings is 3. The van der Waals surface area contributed by atoms with Crippen molar-refractivity contribution in [2.24, 2.45) is 0 Å². The van der Waals surface area contributed by atoms with Crippen molar-refractivity contribution in [1.29, 1.82) is 0 Å². The Kier molecular flexibility index (Phi) is 10.2. The van der Waals surface area contributed by atoms with Gasteiger partial charge < -0.3 is 15.0 Å². The molecule has 0 spiro atoms. The summed E-state index contributed by atoms with van der Waals surface area (Å²) in [6.07, 6.45) is 0.342. The summed E-state index contributed by atoms with van der Waals surface area (Å²) in [6, 6.07) is 21.6. The molecule has 0 aromatic heterocycles. The zero-order valence-electron chi connectivity index (χ0n) is 22.6. The van der Waals surface area contributed by atoms with Crippen LogP contribution in [0.4, 0.5) is 0 Å². The topological polar surface area (TPSA) is 58.6 Å². The Morgan fingerprint density at radius 2 is 1.61 bits per heavy atom. The first-order valence-electron chi connectivity index (χ1n) is 12.8. The summed E-state index contributed by atoms with van der Waals surface area (Å²) in [6.45, 7) is 9.98. The van der Waals surface area contributed by atoms with E-state index in [0.29, 0.717) is 27.8 Å². The second kappa shape index (κ2) is 13.2. The Bertz CT molecular complexity index is 1240. The number of ether oxygens (including phenoxy) is 1. The summed E-state index contributed by atoms with van der Waals surface area (Å²) in [7, 11) is 0. The van der Waals surface area contributed by atoms with E-state index in [0.717, 1.165) is 11.1 Å². The number of amides is 2. The quantitative estimate of drug-likeness (QED) is 0.298. The van der Waals surface area contributed by atoms with Gasteiger partial charge in [0.2, 0.25) is 5.91 Å². The number of carbonyl (C=O) groups excluding carboxylic acids is 2. The number of halogens is 2. The summed E-state index contributed by atoms with van der Waals surface area (Å²) in [5.41, 5.74) is 2.46. The summed E-state index contributed by atoms with van der Waals surface area (Å²) in [4.78, 5) is 28.9. The van der Waals surface area contributed by atoms with Gasteiger partial charge in [-0.2, -0.15) is 0 Å². The molecule has 202 valence electrons. The molecule has 2 amide bonds. The molecule has 0 fully saturated rings. The molecule has 0 saturated carbocycles. The lowest BCUT2D eigenvalue weighted by Crippen LogP contribution is -2.52. The highest BCUT2D eigenvalue weighted by atomic mass is 35.5. The first kappa shape index (κ1) is 29.5. The monoisotopic (exact) mass is 554 g/mol. The fourth-order valence-corrected chi connectivity index (χ4v) is 4.67. The molecule has 3 aromatic rings. The molecule has 0 aliphatic heterocycles. The zero-order chi connectivity index (χ0) is 27.9. The largest absolute Gasteiger partial charge is 0.483 e. The van der Waals surface area contributed by atoms with E-state index in [1.54, 1.807) is 23.1 Å². The van der Waals surface area contributed by atoms with Crippen LogP contribution >= 0.6 is 23.2 Å². The summed E-state index contributed by atoms with van der Waals surface area (Å²) < 4.78 is 6.08. The van der Waals surface area contributed by atoms with Gasteiger partial charge in [-0.1, -0.05) is 98.6 Å². The van der Waals surface area contributed by atoms with Gasteiger partial charge in [-0.15, -0.1) is 0 Å². The molecule has 0 saturated heterocycles. The van der Waals surface area contributed by atoms with E-state index in [1.807, 2.05) is 68.4 Å². The van der Waals surface area contributed by atoms with E-state index in [-0.39, 0.29) is 36.4 Å². The molecule has 3 rings (SSSR count). The Morgan fingerprint density at radius 3 is 2.24 bits per heavy atom. The van der Waals surface area contributed by atoms with Crippen LogP contribution in [0.1, 0.15) is 51.3 Å². The molecule has 1 atom stereocenters. The van der Waals surface area contributed by atoms with Crippen LogP contribution in [-0.4, -0.2) is 35.4 Å². The molecule has 7 heteroatoms. The molecule has 5 nitrogen and oxygen atoms in total. The number of hydrogen-bond donors (Lipinski definition) is 1. The van der Waals surface area contributed by atoms with Gasteiger partial charge >= 0.3 is 0 Å². The van der Waals surface area contributed by atoms with Crippen molar-refractivity contribution in [2.45, 2.75) is 65.1 Å². The van der Waals surface area contributed by atoms with E-state index in [2.05, 4.69) is 26.1 Å². The maximum absolute atomic E-state index is 13.8. The lowest BCUT2D eigenvalue weighted by Gasteiger charge is -2.32. The fourth-order valence-electron chi connectivity index (χ4n) is 4.20. The molecule has 1 N–H and O–H groups in total. The van der Waals surface area contributed by atoms with Crippen LogP contribution in [0.3, 0.4) is 0 Å². The zero-order valence-corrected chi connectivity index (χ0v) is 24.1. The third kappa shape index (κ3) is 8.24. The van der Waals surface area contributed by atoms with E-state index >= 15 is 0 Å². The van der Waals surface area contributed by atoms with Gasteiger partial charge in [0, 0.05) is 29.1 Å². The van der Waals surface area contributed by atoms with Crippen molar-refractivity contribution in [2.75, 3.05) is 6.61 Å². The average molecular weight is 556 g/mol. The van der Waals surface area contributed by atoms with Crippen molar-refractivity contribution >= 4 is 35.0 Å². The number of nitrogens with zero attached hydrogens (tertiary/aromatic N) is 1. The van der Waals surface area contributed by atoms with Gasteiger partial charge in [-0.05, 0) is 54.2 Å². The van der Waals surface area contributed by atoms with E-state index in [4.69, 9.17) is 27.9 Å². The number of para-hydroxylation sites is 1. The van der Waals surface area contributed by atoms with Crippen LogP contribution in [0.5, 0.6) is 5.75 Å². The minimum absolute atomic E-state index is 0.0910. The van der Waals surface area contributed by atoms with Crippen LogP contribution in [-0.2, 0) is 28.0 Å². The lowest BCUT2D eigenvalue weighted by atomic mass is 9.86. The molecule has 38 heavy (non-hydrogen) atoms. The molecule has 0 bridgehead atoms. The fraction of sp³-hybridized carbons (Fsp3) is 0.355. The van der Waals surface area contributed by atoms with Crippen LogP contribution in [0.2, 0.25) is 10.0 Å². The summed E-state index contributed by atoms with van der Waals surface area (Å²) >= 11 is 12.6. The number of hydrogen-bond acceptors (Lipinski definition) is 3. The lowest BCUT2D eigenvalue weighted by molar-refractivity contribution is -0.143. The van der Waals surface area contributed by atoms with Crippen LogP contribution in [0.15, 0.2) is 72.8 Å².